The summed E-state index contributed by atoms with van der Waals surface area (Å²) in [6.07, 6.45) is 6.01. The number of carbonyl (C=O) groups excluding carboxylic acids is 1. The molecule has 1 aromatic carbocycles. The van der Waals surface area contributed by atoms with Gasteiger partial charge in [0, 0.05) is 10.4 Å². The van der Waals surface area contributed by atoms with E-state index in [2.05, 4.69) is 10.5 Å². The summed E-state index contributed by atoms with van der Waals surface area (Å²) in [7, 11) is 0. The van der Waals surface area contributed by atoms with Crippen LogP contribution in [0.3, 0.4) is 0 Å². The summed E-state index contributed by atoms with van der Waals surface area (Å²) in [5.41, 5.74) is 4.39. The van der Waals surface area contributed by atoms with Crippen molar-refractivity contribution >= 4 is 23.5 Å². The molecule has 108 valence electrons. The SMILES string of the molecule is O=C(NN=Cc1ccccc1O)c1cc2c(s1)CCCC2. The highest BCUT2D eigenvalue weighted by Gasteiger charge is 2.16. The first kappa shape index (κ1) is 13.8. The van der Waals surface area contributed by atoms with E-state index in [0.717, 1.165) is 12.8 Å². The van der Waals surface area contributed by atoms with Crippen molar-refractivity contribution in [2.75, 3.05) is 0 Å². The zero-order chi connectivity index (χ0) is 14.7. The van der Waals surface area contributed by atoms with Gasteiger partial charge < -0.3 is 5.11 Å². The van der Waals surface area contributed by atoms with Crippen molar-refractivity contribution in [2.45, 2.75) is 25.7 Å². The summed E-state index contributed by atoms with van der Waals surface area (Å²) in [5, 5.41) is 13.5. The minimum atomic E-state index is -0.193. The predicted octanol–water partition coefficient (Wildman–Crippen LogP) is 3.10. The molecule has 0 radical (unpaired) electrons. The van der Waals surface area contributed by atoms with Crippen LogP contribution in [0.1, 0.15) is 38.5 Å². The van der Waals surface area contributed by atoms with Crippen LogP contribution in [0.25, 0.3) is 0 Å². The molecule has 0 saturated heterocycles. The van der Waals surface area contributed by atoms with Crippen LogP contribution in [0.5, 0.6) is 5.75 Å². The van der Waals surface area contributed by atoms with E-state index in [1.165, 1.54) is 29.5 Å². The topological polar surface area (TPSA) is 61.7 Å². The molecule has 0 saturated carbocycles. The molecule has 2 N–H and O–H groups in total. The number of benzene rings is 1. The number of nitrogens with zero attached hydrogens (tertiary/aromatic N) is 1. The molecule has 0 spiro atoms. The van der Waals surface area contributed by atoms with Gasteiger partial charge in [-0.3, -0.25) is 4.79 Å². The quantitative estimate of drug-likeness (QED) is 0.676. The molecule has 0 unspecified atom stereocenters. The van der Waals surface area contributed by atoms with Crippen LogP contribution < -0.4 is 5.43 Å². The zero-order valence-corrected chi connectivity index (χ0v) is 12.3. The van der Waals surface area contributed by atoms with Crippen LogP contribution in [0.2, 0.25) is 0 Å². The Kier molecular flexibility index (Phi) is 4.01. The third-order valence-corrected chi connectivity index (χ3v) is 4.76. The smallest absolute Gasteiger partial charge is 0.281 e. The van der Waals surface area contributed by atoms with E-state index in [9.17, 15) is 9.90 Å². The number of phenolic OH excluding ortho intramolecular Hbond substituents is 1. The highest BCUT2D eigenvalue weighted by Crippen LogP contribution is 2.29. The summed E-state index contributed by atoms with van der Waals surface area (Å²) in [6, 6.07) is 8.83. The van der Waals surface area contributed by atoms with E-state index in [1.54, 1.807) is 35.6 Å². The van der Waals surface area contributed by atoms with E-state index in [-0.39, 0.29) is 11.7 Å². The highest BCUT2D eigenvalue weighted by molar-refractivity contribution is 7.14. The normalized spacial score (nSPS) is 14.1. The van der Waals surface area contributed by atoms with Gasteiger partial charge in [0.15, 0.2) is 0 Å². The second-order valence-corrected chi connectivity index (χ2v) is 6.16. The van der Waals surface area contributed by atoms with Crippen molar-refractivity contribution in [3.63, 3.8) is 0 Å². The molecule has 2 aromatic rings. The number of para-hydroxylation sites is 1. The van der Waals surface area contributed by atoms with Gasteiger partial charge in [-0.25, -0.2) is 5.43 Å². The maximum atomic E-state index is 12.1. The number of hydrogen-bond acceptors (Lipinski definition) is 4. The summed E-state index contributed by atoms with van der Waals surface area (Å²) >= 11 is 1.56. The number of thiophene rings is 1. The lowest BCUT2D eigenvalue weighted by Gasteiger charge is -2.08. The number of fused-ring (bicyclic) bond motifs is 1. The fourth-order valence-electron chi connectivity index (χ4n) is 2.41. The summed E-state index contributed by atoms with van der Waals surface area (Å²) in [4.78, 5) is 14.1. The Bertz CT molecular complexity index is 668. The van der Waals surface area contributed by atoms with Gasteiger partial charge in [-0.1, -0.05) is 12.1 Å². The lowest BCUT2D eigenvalue weighted by molar-refractivity contribution is 0.0959. The lowest BCUT2D eigenvalue weighted by atomic mass is 9.99. The molecule has 1 amide bonds. The summed E-state index contributed by atoms with van der Waals surface area (Å²) < 4.78 is 0. The number of rotatable bonds is 3. The molecule has 1 heterocycles. The van der Waals surface area contributed by atoms with Crippen LogP contribution in [0, 0.1) is 0 Å². The molecule has 0 aliphatic heterocycles. The van der Waals surface area contributed by atoms with E-state index in [0.29, 0.717) is 10.4 Å². The number of amides is 1. The van der Waals surface area contributed by atoms with Crippen molar-refractivity contribution in [1.29, 1.82) is 0 Å². The van der Waals surface area contributed by atoms with Crippen LogP contribution in [0.15, 0.2) is 35.4 Å². The molecule has 3 rings (SSSR count). The molecule has 0 bridgehead atoms. The molecule has 21 heavy (non-hydrogen) atoms. The molecule has 1 aliphatic rings. The molecule has 0 atom stereocenters. The van der Waals surface area contributed by atoms with Crippen molar-refractivity contribution < 1.29 is 9.90 Å². The van der Waals surface area contributed by atoms with E-state index in [4.69, 9.17) is 0 Å². The van der Waals surface area contributed by atoms with Crippen LogP contribution in [0.4, 0.5) is 0 Å². The number of aromatic hydroxyl groups is 1. The van der Waals surface area contributed by atoms with Gasteiger partial charge in [-0.05, 0) is 49.4 Å². The Morgan fingerprint density at radius 1 is 1.29 bits per heavy atom. The fraction of sp³-hybridized carbons (Fsp3) is 0.250. The summed E-state index contributed by atoms with van der Waals surface area (Å²) in [6.45, 7) is 0. The first-order valence-corrected chi connectivity index (χ1v) is 7.78. The van der Waals surface area contributed by atoms with Crippen LogP contribution in [-0.4, -0.2) is 17.2 Å². The van der Waals surface area contributed by atoms with Gasteiger partial charge in [0.2, 0.25) is 0 Å². The third kappa shape index (κ3) is 3.13. The van der Waals surface area contributed by atoms with Crippen LogP contribution >= 0.6 is 11.3 Å². The van der Waals surface area contributed by atoms with E-state index in [1.807, 2.05) is 6.07 Å². The maximum Gasteiger partial charge on any atom is 0.281 e. The Morgan fingerprint density at radius 3 is 2.90 bits per heavy atom. The average molecular weight is 300 g/mol. The second-order valence-electron chi connectivity index (χ2n) is 5.02. The molecule has 1 aromatic heterocycles. The first-order valence-electron chi connectivity index (χ1n) is 6.97. The Hall–Kier alpha value is -2.14. The Balaban J connectivity index is 1.67. The van der Waals surface area contributed by atoms with Gasteiger partial charge >= 0.3 is 0 Å². The molecular formula is C16H16N2O2S. The van der Waals surface area contributed by atoms with Gasteiger partial charge in [-0.2, -0.15) is 5.10 Å². The maximum absolute atomic E-state index is 12.1. The average Bonchev–Trinajstić information content (AvgIpc) is 2.93. The molecule has 0 fully saturated rings. The molecule has 5 heteroatoms. The fourth-order valence-corrected chi connectivity index (χ4v) is 3.56. The molecular weight excluding hydrogens is 284 g/mol. The number of nitrogens with one attached hydrogen (secondary N) is 1. The van der Waals surface area contributed by atoms with Crippen LogP contribution in [-0.2, 0) is 12.8 Å². The largest absolute Gasteiger partial charge is 0.507 e. The first-order chi connectivity index (χ1) is 10.2. The number of carbonyl (C=O) groups is 1. The van der Waals surface area contributed by atoms with Crippen molar-refractivity contribution in [3.8, 4) is 5.75 Å². The highest BCUT2D eigenvalue weighted by atomic mass is 32.1. The van der Waals surface area contributed by atoms with Gasteiger partial charge in [0.1, 0.15) is 5.75 Å². The number of hydrogen-bond donors (Lipinski definition) is 2. The Labute approximate surface area is 127 Å². The van der Waals surface area contributed by atoms with Gasteiger partial charge in [0.05, 0.1) is 11.1 Å². The molecule has 1 aliphatic carbocycles. The van der Waals surface area contributed by atoms with Crippen molar-refractivity contribution in [2.24, 2.45) is 5.10 Å². The number of aryl methyl sites for hydroxylation is 2. The van der Waals surface area contributed by atoms with E-state index >= 15 is 0 Å². The zero-order valence-electron chi connectivity index (χ0n) is 11.5. The second kappa shape index (κ2) is 6.10. The monoisotopic (exact) mass is 300 g/mol. The standard InChI is InChI=1S/C16H16N2O2S/c19-13-7-3-1-6-12(13)10-17-18-16(20)15-9-11-5-2-4-8-14(11)21-15/h1,3,6-7,9-10,19H,2,4-5,8H2,(H,18,20). The number of hydrazone groups is 1. The minimum absolute atomic E-state index is 0.141. The molecule has 4 nitrogen and oxygen atoms in total. The van der Waals surface area contributed by atoms with E-state index < -0.39 is 0 Å². The minimum Gasteiger partial charge on any atom is -0.507 e. The summed E-state index contributed by atoms with van der Waals surface area (Å²) in [5.74, 6) is -0.0526. The predicted molar refractivity (Wildman–Crippen MR) is 84.1 cm³/mol. The van der Waals surface area contributed by atoms with Crippen molar-refractivity contribution in [1.82, 2.24) is 5.43 Å². The van der Waals surface area contributed by atoms with Gasteiger partial charge in [-0.15, -0.1) is 11.3 Å². The van der Waals surface area contributed by atoms with Gasteiger partial charge in [0.25, 0.3) is 5.91 Å². The third-order valence-electron chi connectivity index (χ3n) is 3.53. The van der Waals surface area contributed by atoms with Crippen molar-refractivity contribution in [3.05, 3.63) is 51.2 Å². The Morgan fingerprint density at radius 2 is 2.10 bits per heavy atom. The number of phenols is 1. The lowest BCUT2D eigenvalue weighted by Crippen LogP contribution is -2.16.